The molecule has 6 nitrogen and oxygen atoms in total. The molecule has 2 aliphatic heterocycles. The summed E-state index contributed by atoms with van der Waals surface area (Å²) < 4.78 is 0. The lowest BCUT2D eigenvalue weighted by molar-refractivity contribution is -0.127. The topological polar surface area (TPSA) is 60.0 Å². The number of guanidine groups is 1. The average Bonchev–Trinajstić information content (AvgIpc) is 3.14. The predicted molar refractivity (Wildman–Crippen MR) is 148 cm³/mol. The molecule has 33 heavy (non-hydrogen) atoms. The maximum absolute atomic E-state index is 12.5. The van der Waals surface area contributed by atoms with Gasteiger partial charge in [-0.05, 0) is 58.1 Å². The Balaban J connectivity index is 0.00000385. The molecule has 0 bridgehead atoms. The van der Waals surface area contributed by atoms with Crippen LogP contribution >= 0.6 is 24.0 Å². The van der Waals surface area contributed by atoms with Gasteiger partial charge >= 0.3 is 0 Å². The number of piperidine rings is 1. The third kappa shape index (κ3) is 8.74. The van der Waals surface area contributed by atoms with Crippen molar-refractivity contribution >= 4 is 35.8 Å². The van der Waals surface area contributed by atoms with Gasteiger partial charge in [-0.3, -0.25) is 14.7 Å². The number of halogens is 1. The Morgan fingerprint density at radius 1 is 1.18 bits per heavy atom. The Bertz CT molecular complexity index is 754. The molecule has 2 heterocycles. The normalized spacial score (nSPS) is 22.2. The summed E-state index contributed by atoms with van der Waals surface area (Å²) in [6.45, 7) is 15.4. The zero-order valence-electron chi connectivity index (χ0n) is 21.0. The summed E-state index contributed by atoms with van der Waals surface area (Å²) in [5.74, 6) is 2.23. The van der Waals surface area contributed by atoms with Crippen molar-refractivity contribution in [3.05, 3.63) is 35.9 Å². The molecule has 1 amide bonds. The molecule has 2 saturated heterocycles. The van der Waals surface area contributed by atoms with E-state index in [9.17, 15) is 4.79 Å². The minimum atomic E-state index is 0. The molecule has 2 fully saturated rings. The Morgan fingerprint density at radius 2 is 1.94 bits per heavy atom. The summed E-state index contributed by atoms with van der Waals surface area (Å²) >= 11 is 0. The second-order valence-corrected chi connectivity index (χ2v) is 10.2. The Kier molecular flexibility index (Phi) is 11.4. The number of carbonyl (C=O) groups excluding carboxylic acids is 1. The summed E-state index contributed by atoms with van der Waals surface area (Å²) in [4.78, 5) is 22.0. The first kappa shape index (κ1) is 27.9. The number of rotatable bonds is 9. The third-order valence-electron chi connectivity index (χ3n) is 6.85. The second kappa shape index (κ2) is 13.5. The van der Waals surface area contributed by atoms with Crippen molar-refractivity contribution in [2.24, 2.45) is 16.8 Å². The van der Waals surface area contributed by atoms with E-state index in [0.717, 1.165) is 57.6 Å². The van der Waals surface area contributed by atoms with Gasteiger partial charge in [-0.25, -0.2) is 0 Å². The van der Waals surface area contributed by atoms with Crippen molar-refractivity contribution in [3.63, 3.8) is 0 Å². The molecule has 3 rings (SSSR count). The van der Waals surface area contributed by atoms with Crippen molar-refractivity contribution in [1.29, 1.82) is 0 Å². The van der Waals surface area contributed by atoms with Crippen LogP contribution in [0.25, 0.3) is 0 Å². The Hall–Kier alpha value is -1.35. The number of hydrogen-bond acceptors (Lipinski definition) is 3. The van der Waals surface area contributed by atoms with Crippen molar-refractivity contribution < 1.29 is 4.79 Å². The first-order valence-corrected chi connectivity index (χ1v) is 12.5. The van der Waals surface area contributed by atoms with Crippen molar-refractivity contribution in [2.45, 2.75) is 58.9 Å². The SMILES string of the molecule is CCNC(=NCC(C)(C)N1CCCC(C)C1)NCC1CC(=O)N(CCc2ccccc2)C1.I. The van der Waals surface area contributed by atoms with Crippen LogP contribution in [0.5, 0.6) is 0 Å². The molecule has 0 aromatic heterocycles. The molecule has 2 atom stereocenters. The molecule has 186 valence electrons. The summed E-state index contributed by atoms with van der Waals surface area (Å²) in [6, 6.07) is 10.4. The van der Waals surface area contributed by atoms with Crippen LogP contribution in [0, 0.1) is 11.8 Å². The van der Waals surface area contributed by atoms with E-state index in [-0.39, 0.29) is 35.4 Å². The molecule has 0 aliphatic carbocycles. The van der Waals surface area contributed by atoms with Gasteiger partial charge in [0.1, 0.15) is 0 Å². The number of likely N-dealkylation sites (tertiary alicyclic amines) is 2. The number of amides is 1. The fourth-order valence-corrected chi connectivity index (χ4v) is 4.81. The van der Waals surface area contributed by atoms with Gasteiger partial charge in [0.05, 0.1) is 6.54 Å². The fraction of sp³-hybridized carbons (Fsp3) is 0.692. The van der Waals surface area contributed by atoms with E-state index >= 15 is 0 Å². The lowest BCUT2D eigenvalue weighted by Crippen LogP contribution is -2.51. The summed E-state index contributed by atoms with van der Waals surface area (Å²) in [7, 11) is 0. The number of aliphatic imine (C=N–C) groups is 1. The van der Waals surface area contributed by atoms with Gasteiger partial charge in [0.2, 0.25) is 5.91 Å². The van der Waals surface area contributed by atoms with Gasteiger partial charge < -0.3 is 15.5 Å². The minimum absolute atomic E-state index is 0. The maximum Gasteiger partial charge on any atom is 0.223 e. The summed E-state index contributed by atoms with van der Waals surface area (Å²) in [5.41, 5.74) is 1.34. The molecular weight excluding hydrogens is 525 g/mol. The van der Waals surface area contributed by atoms with E-state index in [2.05, 4.69) is 67.5 Å². The van der Waals surface area contributed by atoms with E-state index < -0.39 is 0 Å². The zero-order valence-corrected chi connectivity index (χ0v) is 23.3. The largest absolute Gasteiger partial charge is 0.357 e. The molecule has 1 aromatic rings. The van der Waals surface area contributed by atoms with E-state index in [4.69, 9.17) is 4.99 Å². The van der Waals surface area contributed by atoms with Crippen LogP contribution in [0.2, 0.25) is 0 Å². The summed E-state index contributed by atoms with van der Waals surface area (Å²) in [6.07, 6.45) is 4.16. The maximum atomic E-state index is 12.5. The fourth-order valence-electron chi connectivity index (χ4n) is 4.81. The summed E-state index contributed by atoms with van der Waals surface area (Å²) in [5, 5.41) is 6.89. The van der Waals surface area contributed by atoms with Crippen LogP contribution in [0.1, 0.15) is 52.5 Å². The number of hydrogen-bond donors (Lipinski definition) is 2. The average molecular weight is 570 g/mol. The monoisotopic (exact) mass is 569 g/mol. The highest BCUT2D eigenvalue weighted by Gasteiger charge is 2.31. The second-order valence-electron chi connectivity index (χ2n) is 10.2. The van der Waals surface area contributed by atoms with E-state index in [1.807, 2.05) is 11.0 Å². The highest BCUT2D eigenvalue weighted by atomic mass is 127. The smallest absolute Gasteiger partial charge is 0.223 e. The predicted octanol–water partition coefficient (Wildman–Crippen LogP) is 3.76. The van der Waals surface area contributed by atoms with E-state index in [1.165, 1.54) is 24.9 Å². The highest BCUT2D eigenvalue weighted by molar-refractivity contribution is 14.0. The van der Waals surface area contributed by atoms with Crippen LogP contribution in [0.4, 0.5) is 0 Å². The van der Waals surface area contributed by atoms with Gasteiger partial charge in [-0.2, -0.15) is 0 Å². The molecule has 1 aromatic carbocycles. The lowest BCUT2D eigenvalue weighted by atomic mass is 9.94. The number of carbonyl (C=O) groups is 1. The molecule has 2 unspecified atom stereocenters. The van der Waals surface area contributed by atoms with E-state index in [0.29, 0.717) is 12.3 Å². The number of benzene rings is 1. The Morgan fingerprint density at radius 3 is 2.64 bits per heavy atom. The first-order valence-electron chi connectivity index (χ1n) is 12.5. The van der Waals surface area contributed by atoms with Gasteiger partial charge in [0.25, 0.3) is 0 Å². The van der Waals surface area contributed by atoms with Gasteiger partial charge in [-0.15, -0.1) is 24.0 Å². The molecule has 7 heteroatoms. The molecule has 0 radical (unpaired) electrons. The van der Waals surface area contributed by atoms with Crippen LogP contribution in [0.15, 0.2) is 35.3 Å². The number of nitrogens with one attached hydrogen (secondary N) is 2. The van der Waals surface area contributed by atoms with Gasteiger partial charge in [-0.1, -0.05) is 37.3 Å². The van der Waals surface area contributed by atoms with Gasteiger partial charge in [0.15, 0.2) is 5.96 Å². The quantitative estimate of drug-likeness (QED) is 0.270. The molecular formula is C26H44IN5O. The third-order valence-corrected chi connectivity index (χ3v) is 6.85. The van der Waals surface area contributed by atoms with Crippen molar-refractivity contribution in [3.8, 4) is 0 Å². The molecule has 0 spiro atoms. The van der Waals surface area contributed by atoms with Crippen LogP contribution in [0.3, 0.4) is 0 Å². The lowest BCUT2D eigenvalue weighted by Gasteiger charge is -2.42. The van der Waals surface area contributed by atoms with Crippen LogP contribution in [-0.2, 0) is 11.2 Å². The molecule has 2 aliphatic rings. The number of nitrogens with zero attached hydrogens (tertiary/aromatic N) is 3. The Labute approximate surface area is 218 Å². The van der Waals surface area contributed by atoms with Crippen molar-refractivity contribution in [2.75, 3.05) is 45.8 Å². The van der Waals surface area contributed by atoms with E-state index in [1.54, 1.807) is 0 Å². The minimum Gasteiger partial charge on any atom is -0.357 e. The first-order chi connectivity index (χ1) is 15.4. The highest BCUT2D eigenvalue weighted by Crippen LogP contribution is 2.24. The molecule has 2 N–H and O–H groups in total. The molecule has 0 saturated carbocycles. The van der Waals surface area contributed by atoms with Crippen LogP contribution in [-0.4, -0.2) is 73.0 Å². The van der Waals surface area contributed by atoms with Crippen molar-refractivity contribution in [1.82, 2.24) is 20.4 Å². The zero-order chi connectivity index (χ0) is 23.0. The van der Waals surface area contributed by atoms with Gasteiger partial charge in [0, 0.05) is 50.6 Å². The standard InChI is InChI=1S/C26H43N5O.HI/c1-5-27-25(29-20-26(3,4)31-14-9-10-21(2)18-31)28-17-23-16-24(32)30(19-23)15-13-22-11-7-6-8-12-22;/h6-8,11-12,21,23H,5,9-10,13-20H2,1-4H3,(H2,27,28,29);1H. The van der Waals surface area contributed by atoms with Crippen LogP contribution < -0.4 is 10.6 Å².